The second-order valence-electron chi connectivity index (χ2n) is 6.43. The van der Waals surface area contributed by atoms with Gasteiger partial charge < -0.3 is 15.5 Å². The van der Waals surface area contributed by atoms with E-state index >= 15 is 0 Å². The molecule has 3 N–H and O–H groups in total. The summed E-state index contributed by atoms with van der Waals surface area (Å²) in [5, 5.41) is 7.62. The number of carbonyl (C=O) groups excluding carboxylic acids is 3. The number of rotatable bonds is 4. The monoisotopic (exact) mass is 310 g/mol. The van der Waals surface area contributed by atoms with Crippen LogP contribution in [0.25, 0.3) is 0 Å². The normalized spacial score (nSPS) is 24.6. The van der Waals surface area contributed by atoms with E-state index in [1.807, 2.05) is 0 Å². The van der Waals surface area contributed by atoms with Gasteiger partial charge in [0.2, 0.25) is 11.8 Å². The molecule has 0 aromatic rings. The predicted octanol–water partition coefficient (Wildman–Crippen LogP) is 0.211. The number of urea groups is 1. The molecule has 2 fully saturated rings. The Balaban J connectivity index is 1.74. The fraction of sp³-hybridized carbons (Fsp3) is 0.800. The number of imide groups is 1. The summed E-state index contributed by atoms with van der Waals surface area (Å²) in [7, 11) is 0. The zero-order chi connectivity index (χ0) is 16.1. The molecular weight excluding hydrogens is 284 g/mol. The Morgan fingerprint density at radius 2 is 1.95 bits per heavy atom. The molecule has 0 radical (unpaired) electrons. The van der Waals surface area contributed by atoms with E-state index in [0.717, 1.165) is 25.9 Å². The lowest BCUT2D eigenvalue weighted by Gasteiger charge is -2.34. The van der Waals surface area contributed by atoms with E-state index in [2.05, 4.69) is 34.7 Å². The molecule has 22 heavy (non-hydrogen) atoms. The third-order valence-corrected chi connectivity index (χ3v) is 4.48. The van der Waals surface area contributed by atoms with Crippen LogP contribution in [0.2, 0.25) is 0 Å². The van der Waals surface area contributed by atoms with Gasteiger partial charge in [0.1, 0.15) is 6.04 Å². The Labute approximate surface area is 131 Å². The molecule has 4 amide bonds. The lowest BCUT2D eigenvalue weighted by atomic mass is 9.96. The number of piperidine rings is 1. The first-order valence-corrected chi connectivity index (χ1v) is 8.08. The minimum absolute atomic E-state index is 0.184. The van der Waals surface area contributed by atoms with Crippen molar-refractivity contribution in [2.24, 2.45) is 5.92 Å². The molecular formula is C15H26N4O3. The number of carbonyl (C=O) groups is 3. The van der Waals surface area contributed by atoms with Crippen molar-refractivity contribution in [2.45, 2.75) is 51.6 Å². The van der Waals surface area contributed by atoms with Crippen molar-refractivity contribution >= 4 is 17.8 Å². The molecule has 2 rings (SSSR count). The minimum atomic E-state index is -0.623. The molecule has 124 valence electrons. The summed E-state index contributed by atoms with van der Waals surface area (Å²) in [5.41, 5.74) is 0. The smallest absolute Gasteiger partial charge is 0.322 e. The van der Waals surface area contributed by atoms with Crippen LogP contribution in [-0.2, 0) is 9.59 Å². The first-order chi connectivity index (χ1) is 10.5. The second kappa shape index (κ2) is 7.58. The van der Waals surface area contributed by atoms with E-state index < -0.39 is 12.1 Å². The third kappa shape index (κ3) is 4.69. The van der Waals surface area contributed by atoms with Crippen LogP contribution in [0, 0.1) is 5.92 Å². The first kappa shape index (κ1) is 16.7. The third-order valence-electron chi connectivity index (χ3n) is 4.48. The van der Waals surface area contributed by atoms with E-state index in [9.17, 15) is 14.4 Å². The van der Waals surface area contributed by atoms with Crippen LogP contribution in [0.4, 0.5) is 4.79 Å². The van der Waals surface area contributed by atoms with Crippen LogP contribution in [0.5, 0.6) is 0 Å². The standard InChI is InChI=1S/C15H26N4O3/c1-10(2)19-7-5-11(6-8-19)9-16-14(21)12-3-4-13(20)18-15(22)17-12/h10-12H,3-9H2,1-2H3,(H,16,21)(H2,17,18,20,22)/t12-/m0/s1. The number of amides is 4. The van der Waals surface area contributed by atoms with Gasteiger partial charge in [-0.2, -0.15) is 0 Å². The average Bonchev–Trinajstić information content (AvgIpc) is 2.65. The Bertz CT molecular complexity index is 431. The molecule has 7 heteroatoms. The van der Waals surface area contributed by atoms with E-state index in [0.29, 0.717) is 24.9 Å². The van der Waals surface area contributed by atoms with E-state index in [1.54, 1.807) is 0 Å². The highest BCUT2D eigenvalue weighted by Crippen LogP contribution is 2.18. The second-order valence-corrected chi connectivity index (χ2v) is 6.43. The molecule has 0 aliphatic carbocycles. The Morgan fingerprint density at radius 3 is 2.59 bits per heavy atom. The molecule has 0 aromatic heterocycles. The number of hydrogen-bond donors (Lipinski definition) is 3. The first-order valence-electron chi connectivity index (χ1n) is 8.08. The van der Waals surface area contributed by atoms with Crippen molar-refractivity contribution in [2.75, 3.05) is 19.6 Å². The van der Waals surface area contributed by atoms with Crippen molar-refractivity contribution in [1.82, 2.24) is 20.9 Å². The lowest BCUT2D eigenvalue weighted by Crippen LogP contribution is -2.49. The van der Waals surface area contributed by atoms with Crippen LogP contribution in [0.1, 0.15) is 39.5 Å². The van der Waals surface area contributed by atoms with E-state index in [4.69, 9.17) is 0 Å². The fourth-order valence-electron chi connectivity index (χ4n) is 2.97. The van der Waals surface area contributed by atoms with Gasteiger partial charge in [-0.1, -0.05) is 0 Å². The van der Waals surface area contributed by atoms with Crippen molar-refractivity contribution < 1.29 is 14.4 Å². The van der Waals surface area contributed by atoms with Gasteiger partial charge in [-0.05, 0) is 52.1 Å². The summed E-state index contributed by atoms with van der Waals surface area (Å²) >= 11 is 0. The largest absolute Gasteiger partial charge is 0.354 e. The minimum Gasteiger partial charge on any atom is -0.354 e. The Hall–Kier alpha value is -1.63. The van der Waals surface area contributed by atoms with Gasteiger partial charge in [0.15, 0.2) is 0 Å². The Morgan fingerprint density at radius 1 is 1.27 bits per heavy atom. The summed E-state index contributed by atoms with van der Waals surface area (Å²) in [4.78, 5) is 37.2. The summed E-state index contributed by atoms with van der Waals surface area (Å²) in [5.74, 6) is -0.0508. The topological polar surface area (TPSA) is 90.5 Å². The van der Waals surface area contributed by atoms with E-state index in [-0.39, 0.29) is 18.2 Å². The highest BCUT2D eigenvalue weighted by Gasteiger charge is 2.27. The fourth-order valence-corrected chi connectivity index (χ4v) is 2.97. The molecule has 2 heterocycles. The van der Waals surface area contributed by atoms with Crippen molar-refractivity contribution in [3.8, 4) is 0 Å². The molecule has 2 aliphatic heterocycles. The van der Waals surface area contributed by atoms with Gasteiger partial charge in [0.05, 0.1) is 0 Å². The Kier molecular flexibility index (Phi) is 5.76. The molecule has 1 atom stereocenters. The van der Waals surface area contributed by atoms with Crippen LogP contribution in [-0.4, -0.2) is 54.5 Å². The predicted molar refractivity (Wildman–Crippen MR) is 82.1 cm³/mol. The average molecular weight is 310 g/mol. The maximum atomic E-state index is 12.1. The van der Waals surface area contributed by atoms with Gasteiger partial charge in [-0.25, -0.2) is 4.79 Å². The maximum absolute atomic E-state index is 12.1. The molecule has 0 unspecified atom stereocenters. The van der Waals surface area contributed by atoms with Crippen molar-refractivity contribution in [3.05, 3.63) is 0 Å². The van der Waals surface area contributed by atoms with Gasteiger partial charge in [0.25, 0.3) is 0 Å². The zero-order valence-corrected chi connectivity index (χ0v) is 13.4. The van der Waals surface area contributed by atoms with Gasteiger partial charge in [0, 0.05) is 19.0 Å². The van der Waals surface area contributed by atoms with Gasteiger partial charge in [-0.3, -0.25) is 14.9 Å². The molecule has 0 spiro atoms. The molecule has 7 nitrogen and oxygen atoms in total. The quantitative estimate of drug-likeness (QED) is 0.692. The summed E-state index contributed by atoms with van der Waals surface area (Å²) in [6.07, 6.45) is 2.68. The summed E-state index contributed by atoms with van der Waals surface area (Å²) < 4.78 is 0. The summed E-state index contributed by atoms with van der Waals surface area (Å²) in [6.45, 7) is 7.17. The number of hydrogen-bond acceptors (Lipinski definition) is 4. The van der Waals surface area contributed by atoms with Crippen molar-refractivity contribution in [1.29, 1.82) is 0 Å². The maximum Gasteiger partial charge on any atom is 0.322 e. The molecule has 0 saturated carbocycles. The van der Waals surface area contributed by atoms with Crippen LogP contribution < -0.4 is 16.0 Å². The zero-order valence-electron chi connectivity index (χ0n) is 13.4. The van der Waals surface area contributed by atoms with Crippen LogP contribution >= 0.6 is 0 Å². The molecule has 2 aliphatic rings. The SMILES string of the molecule is CC(C)N1CCC(CNC(=O)[C@@H]2CCC(=O)NC(=O)N2)CC1. The van der Waals surface area contributed by atoms with Gasteiger partial charge >= 0.3 is 6.03 Å². The summed E-state index contributed by atoms with van der Waals surface area (Å²) in [6, 6.07) is -0.642. The number of likely N-dealkylation sites (tertiary alicyclic amines) is 1. The van der Waals surface area contributed by atoms with Crippen LogP contribution in [0.15, 0.2) is 0 Å². The van der Waals surface area contributed by atoms with E-state index in [1.165, 1.54) is 0 Å². The van der Waals surface area contributed by atoms with Crippen LogP contribution in [0.3, 0.4) is 0 Å². The molecule has 0 bridgehead atoms. The highest BCUT2D eigenvalue weighted by molar-refractivity contribution is 5.98. The molecule has 2 saturated heterocycles. The molecule has 0 aromatic carbocycles. The van der Waals surface area contributed by atoms with Crippen molar-refractivity contribution in [3.63, 3.8) is 0 Å². The lowest BCUT2D eigenvalue weighted by molar-refractivity contribution is -0.123. The number of nitrogens with one attached hydrogen (secondary N) is 3. The number of nitrogens with zero attached hydrogens (tertiary/aromatic N) is 1. The van der Waals surface area contributed by atoms with Gasteiger partial charge in [-0.15, -0.1) is 0 Å². The highest BCUT2D eigenvalue weighted by atomic mass is 16.2.